The fourth-order valence-corrected chi connectivity index (χ4v) is 5.65. The molecule has 2 aliphatic rings. The molecular formula is C22H23BrN4O. The van der Waals surface area contributed by atoms with E-state index in [1.54, 1.807) is 10.6 Å². The van der Waals surface area contributed by atoms with E-state index in [1.165, 1.54) is 24.8 Å². The number of hydrogen-bond acceptors (Lipinski definition) is 3. The van der Waals surface area contributed by atoms with Crippen LogP contribution in [0.2, 0.25) is 0 Å². The van der Waals surface area contributed by atoms with Crippen LogP contribution in [-0.2, 0) is 0 Å². The molecule has 0 radical (unpaired) electrons. The van der Waals surface area contributed by atoms with Crippen LogP contribution < -0.4 is 0 Å². The van der Waals surface area contributed by atoms with Gasteiger partial charge in [0.1, 0.15) is 0 Å². The van der Waals surface area contributed by atoms with Crippen molar-refractivity contribution in [3.8, 4) is 0 Å². The predicted molar refractivity (Wildman–Crippen MR) is 111 cm³/mol. The molecule has 5 rings (SSSR count). The van der Waals surface area contributed by atoms with E-state index in [-0.39, 0.29) is 5.91 Å². The number of imidazole rings is 1. The molecule has 1 aliphatic carbocycles. The predicted octanol–water partition coefficient (Wildman–Crippen LogP) is 4.68. The molecule has 1 aromatic carbocycles. The second-order valence-corrected chi connectivity index (χ2v) is 8.61. The minimum absolute atomic E-state index is 0.0251. The third-order valence-corrected chi connectivity index (χ3v) is 6.95. The number of piperidine rings is 1. The number of rotatable bonds is 2. The van der Waals surface area contributed by atoms with Crippen LogP contribution in [0.3, 0.4) is 0 Å². The number of benzene rings is 1. The van der Waals surface area contributed by atoms with Gasteiger partial charge in [-0.3, -0.25) is 9.20 Å². The van der Waals surface area contributed by atoms with Gasteiger partial charge >= 0.3 is 0 Å². The van der Waals surface area contributed by atoms with Gasteiger partial charge in [-0.2, -0.15) is 0 Å². The van der Waals surface area contributed by atoms with E-state index in [2.05, 4.69) is 61.1 Å². The molecule has 0 spiro atoms. The van der Waals surface area contributed by atoms with E-state index < -0.39 is 0 Å². The Bertz CT molecular complexity index is 1000. The number of aromatic nitrogens is 3. The summed E-state index contributed by atoms with van der Waals surface area (Å²) in [6.45, 7) is 0.784. The summed E-state index contributed by atoms with van der Waals surface area (Å²) < 4.78 is 2.42. The van der Waals surface area contributed by atoms with Crippen LogP contribution in [-0.4, -0.2) is 37.8 Å². The Kier molecular flexibility index (Phi) is 4.67. The Morgan fingerprint density at radius 2 is 1.89 bits per heavy atom. The van der Waals surface area contributed by atoms with Crippen molar-refractivity contribution >= 4 is 27.5 Å². The first-order valence-electron chi connectivity index (χ1n) is 10.1. The van der Waals surface area contributed by atoms with Crippen LogP contribution in [0, 0.1) is 5.92 Å². The molecule has 1 saturated carbocycles. The van der Waals surface area contributed by atoms with Crippen LogP contribution in [0.1, 0.15) is 54.2 Å². The molecule has 0 N–H and O–H groups in total. The number of amides is 1. The maximum absolute atomic E-state index is 13.5. The van der Waals surface area contributed by atoms with Gasteiger partial charge in [0, 0.05) is 25.0 Å². The number of carbonyl (C=O) groups excluding carboxylic acids is 1. The zero-order chi connectivity index (χ0) is 19.1. The summed E-state index contributed by atoms with van der Waals surface area (Å²) in [6.07, 6.45) is 9.33. The lowest BCUT2D eigenvalue weighted by Crippen LogP contribution is -2.52. The van der Waals surface area contributed by atoms with Crippen molar-refractivity contribution in [2.75, 3.05) is 6.54 Å². The molecule has 3 atom stereocenters. The summed E-state index contributed by atoms with van der Waals surface area (Å²) >= 11 is 3.45. The monoisotopic (exact) mass is 438 g/mol. The third-order valence-electron chi connectivity index (χ3n) is 6.42. The van der Waals surface area contributed by atoms with E-state index in [1.807, 2.05) is 12.3 Å². The number of carbonyl (C=O) groups is 1. The molecule has 6 heteroatoms. The normalized spacial score (nSPS) is 24.9. The number of likely N-dealkylation sites (tertiary alicyclic amines) is 1. The maximum atomic E-state index is 13.5. The van der Waals surface area contributed by atoms with Crippen molar-refractivity contribution in [1.29, 1.82) is 0 Å². The largest absolute Gasteiger partial charge is 0.333 e. The zero-order valence-corrected chi connectivity index (χ0v) is 17.3. The Labute approximate surface area is 172 Å². The second kappa shape index (κ2) is 7.32. The van der Waals surface area contributed by atoms with Crippen LogP contribution in [0.5, 0.6) is 0 Å². The summed E-state index contributed by atoms with van der Waals surface area (Å²) in [5.74, 6) is 1.55. The quantitative estimate of drug-likeness (QED) is 0.583. The lowest BCUT2D eigenvalue weighted by molar-refractivity contribution is 0.0308. The highest BCUT2D eigenvalue weighted by atomic mass is 79.9. The number of halogens is 1. The number of fused-ring (bicyclic) bond motifs is 2. The lowest BCUT2D eigenvalue weighted by atomic mass is 9.69. The van der Waals surface area contributed by atoms with Crippen molar-refractivity contribution in [3.05, 3.63) is 64.8 Å². The summed E-state index contributed by atoms with van der Waals surface area (Å²) in [6, 6.07) is 13.0. The Hall–Kier alpha value is -2.21. The van der Waals surface area contributed by atoms with E-state index in [9.17, 15) is 4.79 Å². The van der Waals surface area contributed by atoms with Crippen LogP contribution in [0.15, 0.2) is 53.4 Å². The molecule has 2 aromatic heterocycles. The summed E-state index contributed by atoms with van der Waals surface area (Å²) in [5, 5.41) is 0. The van der Waals surface area contributed by atoms with Crippen molar-refractivity contribution in [2.24, 2.45) is 5.92 Å². The maximum Gasteiger partial charge on any atom is 0.290 e. The van der Waals surface area contributed by atoms with Gasteiger partial charge in [0.2, 0.25) is 5.82 Å². The molecule has 0 bridgehead atoms. The van der Waals surface area contributed by atoms with Gasteiger partial charge in [-0.1, -0.05) is 43.2 Å². The van der Waals surface area contributed by atoms with Crippen molar-refractivity contribution < 1.29 is 4.79 Å². The van der Waals surface area contributed by atoms with Crippen LogP contribution in [0.25, 0.3) is 5.65 Å². The molecule has 5 nitrogen and oxygen atoms in total. The first kappa shape index (κ1) is 17.9. The van der Waals surface area contributed by atoms with Gasteiger partial charge in [0.15, 0.2) is 10.3 Å². The molecule has 3 heterocycles. The topological polar surface area (TPSA) is 50.5 Å². The highest BCUT2D eigenvalue weighted by Crippen LogP contribution is 2.44. The summed E-state index contributed by atoms with van der Waals surface area (Å²) in [4.78, 5) is 24.5. The summed E-state index contributed by atoms with van der Waals surface area (Å²) in [5.41, 5.74) is 2.11. The smallest absolute Gasteiger partial charge is 0.290 e. The third kappa shape index (κ3) is 2.94. The van der Waals surface area contributed by atoms with E-state index in [4.69, 9.17) is 0 Å². The Morgan fingerprint density at radius 3 is 2.75 bits per heavy atom. The minimum atomic E-state index is 0.0251. The molecule has 1 aliphatic heterocycles. The van der Waals surface area contributed by atoms with Crippen LogP contribution >= 0.6 is 15.9 Å². The average Bonchev–Trinajstić information content (AvgIpc) is 3.10. The Morgan fingerprint density at radius 1 is 1.07 bits per heavy atom. The SMILES string of the molecule is O=C(c1nc(Br)c2ncccn12)N1CCC(c2ccccc2)C2CCCCC21. The minimum Gasteiger partial charge on any atom is -0.333 e. The van der Waals surface area contributed by atoms with Gasteiger partial charge in [0.25, 0.3) is 5.91 Å². The highest BCUT2D eigenvalue weighted by molar-refractivity contribution is 9.10. The fraction of sp³-hybridized carbons (Fsp3) is 0.409. The van der Waals surface area contributed by atoms with Gasteiger partial charge < -0.3 is 4.90 Å². The highest BCUT2D eigenvalue weighted by Gasteiger charge is 2.42. The fourth-order valence-electron chi connectivity index (χ4n) is 5.19. The van der Waals surface area contributed by atoms with Crippen molar-refractivity contribution in [3.63, 3.8) is 0 Å². The first-order chi connectivity index (χ1) is 13.7. The van der Waals surface area contributed by atoms with Gasteiger partial charge in [-0.05, 0) is 58.7 Å². The number of hydrogen-bond donors (Lipinski definition) is 0. The standard InChI is InChI=1S/C22H23BrN4O/c23-19-20-24-12-6-13-27(20)21(25-19)22(28)26-14-11-16(15-7-2-1-3-8-15)17-9-4-5-10-18(17)26/h1-3,6-8,12-13,16-18H,4-5,9-11,14H2. The van der Waals surface area contributed by atoms with E-state index in [0.717, 1.165) is 19.4 Å². The lowest BCUT2D eigenvalue weighted by Gasteiger charge is -2.48. The van der Waals surface area contributed by atoms with Gasteiger partial charge in [0.05, 0.1) is 0 Å². The van der Waals surface area contributed by atoms with E-state index >= 15 is 0 Å². The molecule has 28 heavy (non-hydrogen) atoms. The molecule has 2 fully saturated rings. The molecule has 3 unspecified atom stereocenters. The first-order valence-corrected chi connectivity index (χ1v) is 10.9. The Balaban J connectivity index is 1.48. The van der Waals surface area contributed by atoms with Crippen molar-refractivity contribution in [2.45, 2.75) is 44.1 Å². The average molecular weight is 439 g/mol. The van der Waals surface area contributed by atoms with Crippen LogP contribution in [0.4, 0.5) is 0 Å². The molecular weight excluding hydrogens is 416 g/mol. The molecule has 3 aromatic rings. The molecule has 1 saturated heterocycles. The van der Waals surface area contributed by atoms with Gasteiger partial charge in [-0.25, -0.2) is 9.97 Å². The molecule has 1 amide bonds. The summed E-state index contributed by atoms with van der Waals surface area (Å²) in [7, 11) is 0. The molecule has 144 valence electrons. The van der Waals surface area contributed by atoms with Gasteiger partial charge in [-0.15, -0.1) is 0 Å². The second-order valence-electron chi connectivity index (χ2n) is 7.86. The van der Waals surface area contributed by atoms with E-state index in [0.29, 0.717) is 34.0 Å². The number of nitrogens with zero attached hydrogens (tertiary/aromatic N) is 4. The van der Waals surface area contributed by atoms with Crippen molar-refractivity contribution in [1.82, 2.24) is 19.3 Å². The zero-order valence-electron chi connectivity index (χ0n) is 15.7.